The van der Waals surface area contributed by atoms with E-state index in [1.54, 1.807) is 19.4 Å². The van der Waals surface area contributed by atoms with E-state index in [4.69, 9.17) is 31.3 Å². The Morgan fingerprint density at radius 3 is 2.71 bits per heavy atom. The first-order valence-electron chi connectivity index (χ1n) is 11.2. The van der Waals surface area contributed by atoms with E-state index in [1.165, 1.54) is 12.8 Å². The molecule has 5 rings (SSSR count). The van der Waals surface area contributed by atoms with Crippen molar-refractivity contribution in [2.24, 2.45) is 0 Å². The van der Waals surface area contributed by atoms with Gasteiger partial charge in [0.2, 0.25) is 0 Å². The Labute approximate surface area is 203 Å². The number of benzene rings is 2. The van der Waals surface area contributed by atoms with Crippen molar-refractivity contribution in [2.45, 2.75) is 31.8 Å². The maximum absolute atomic E-state index is 9.14. The van der Waals surface area contributed by atoms with Crippen LogP contribution in [0.25, 0.3) is 29.0 Å². The van der Waals surface area contributed by atoms with E-state index >= 15 is 0 Å². The van der Waals surface area contributed by atoms with Gasteiger partial charge < -0.3 is 9.47 Å². The molecule has 0 spiro atoms. The van der Waals surface area contributed by atoms with E-state index in [0.29, 0.717) is 28.0 Å². The number of aromatic nitrogens is 3. The third-order valence-corrected chi connectivity index (χ3v) is 6.21. The predicted molar refractivity (Wildman–Crippen MR) is 133 cm³/mol. The van der Waals surface area contributed by atoms with Crippen molar-refractivity contribution in [3.05, 3.63) is 76.7 Å². The Balaban J connectivity index is 1.59. The third-order valence-electron chi connectivity index (χ3n) is 5.98. The first-order valence-corrected chi connectivity index (χ1v) is 11.6. The molecule has 34 heavy (non-hydrogen) atoms. The van der Waals surface area contributed by atoms with Crippen LogP contribution < -0.4 is 9.47 Å². The lowest BCUT2D eigenvalue weighted by Gasteiger charge is -2.18. The molecule has 170 valence electrons. The second kappa shape index (κ2) is 9.58. The number of para-hydroxylation sites is 1. The summed E-state index contributed by atoms with van der Waals surface area (Å²) in [7, 11) is 1.66. The Morgan fingerprint density at radius 1 is 1.12 bits per heavy atom. The molecule has 7 heteroatoms. The fourth-order valence-corrected chi connectivity index (χ4v) is 4.46. The molecule has 0 unspecified atom stereocenters. The average Bonchev–Trinajstić information content (AvgIpc) is 3.50. The van der Waals surface area contributed by atoms with Crippen LogP contribution in [0.15, 0.2) is 54.7 Å². The fraction of sp³-hybridized carbons (Fsp3) is 0.222. The van der Waals surface area contributed by atoms with E-state index < -0.39 is 0 Å². The molecule has 1 aliphatic rings. The van der Waals surface area contributed by atoms with Gasteiger partial charge in [-0.25, -0.2) is 9.97 Å². The zero-order valence-corrected chi connectivity index (χ0v) is 19.5. The van der Waals surface area contributed by atoms with Gasteiger partial charge in [0.1, 0.15) is 17.7 Å². The van der Waals surface area contributed by atoms with Crippen LogP contribution in [0.5, 0.6) is 11.5 Å². The van der Waals surface area contributed by atoms with Crippen molar-refractivity contribution in [3.63, 3.8) is 0 Å². The Kier molecular flexibility index (Phi) is 6.20. The minimum atomic E-state index is 0.206. The fourth-order valence-electron chi connectivity index (χ4n) is 4.30. The highest BCUT2D eigenvalue weighted by Crippen LogP contribution is 2.36. The molecule has 4 aromatic rings. The van der Waals surface area contributed by atoms with Crippen molar-refractivity contribution in [3.8, 4) is 23.4 Å². The first kappa shape index (κ1) is 22.0. The van der Waals surface area contributed by atoms with E-state index in [1.807, 2.05) is 59.2 Å². The molecule has 2 aromatic heterocycles. The van der Waals surface area contributed by atoms with E-state index in [2.05, 4.69) is 11.1 Å². The maximum Gasteiger partial charge on any atom is 0.168 e. The number of fused-ring (bicyclic) bond motifs is 1. The number of hydrogen-bond acceptors (Lipinski definition) is 5. The molecule has 0 radical (unpaired) electrons. The standard InChI is InChI=1S/C27H23ClN4O2/c1-33-24-8-4-5-19(27(24)34-21-6-2-3-7-21)10-14-26-31-22-15-20(28)11-12-23(22)32(26)25-13-9-18(16-29)17-30-25/h4-5,8-15,17,21H,2-3,6-7H2,1H3. The molecule has 6 nitrogen and oxygen atoms in total. The Morgan fingerprint density at radius 2 is 1.97 bits per heavy atom. The van der Waals surface area contributed by atoms with Gasteiger partial charge in [-0.2, -0.15) is 5.26 Å². The minimum absolute atomic E-state index is 0.206. The van der Waals surface area contributed by atoms with Crippen LogP contribution in [-0.2, 0) is 0 Å². The molecule has 1 fully saturated rings. The number of hydrogen-bond donors (Lipinski definition) is 0. The van der Waals surface area contributed by atoms with Gasteiger partial charge in [0, 0.05) is 16.8 Å². The van der Waals surface area contributed by atoms with E-state index in [9.17, 15) is 0 Å². The minimum Gasteiger partial charge on any atom is -0.493 e. The van der Waals surface area contributed by atoms with Gasteiger partial charge >= 0.3 is 0 Å². The van der Waals surface area contributed by atoms with Crippen molar-refractivity contribution in [1.29, 1.82) is 5.26 Å². The molecule has 0 aliphatic heterocycles. The van der Waals surface area contributed by atoms with Gasteiger partial charge in [0.25, 0.3) is 0 Å². The number of ether oxygens (including phenoxy) is 2. The summed E-state index contributed by atoms with van der Waals surface area (Å²) in [4.78, 5) is 9.28. The lowest BCUT2D eigenvalue weighted by atomic mass is 10.1. The van der Waals surface area contributed by atoms with Gasteiger partial charge in [0.05, 0.1) is 29.8 Å². The van der Waals surface area contributed by atoms with Crippen LogP contribution in [0.2, 0.25) is 5.02 Å². The number of imidazole rings is 1. The molecular formula is C27H23ClN4O2. The van der Waals surface area contributed by atoms with Crippen LogP contribution >= 0.6 is 11.6 Å². The molecule has 0 atom stereocenters. The molecule has 0 N–H and O–H groups in total. The van der Waals surface area contributed by atoms with Crippen LogP contribution in [0, 0.1) is 11.3 Å². The summed E-state index contributed by atoms with van der Waals surface area (Å²) in [5.74, 6) is 2.80. The molecule has 1 saturated carbocycles. The summed E-state index contributed by atoms with van der Waals surface area (Å²) in [5.41, 5.74) is 3.04. The second-order valence-corrected chi connectivity index (χ2v) is 8.63. The third kappa shape index (κ3) is 4.35. The van der Waals surface area contributed by atoms with Gasteiger partial charge in [-0.3, -0.25) is 4.57 Å². The normalized spacial score (nSPS) is 14.0. The Hall–Kier alpha value is -3.82. The number of nitrogens with zero attached hydrogens (tertiary/aromatic N) is 4. The van der Waals surface area contributed by atoms with Crippen molar-refractivity contribution < 1.29 is 9.47 Å². The van der Waals surface area contributed by atoms with Gasteiger partial charge in [-0.15, -0.1) is 0 Å². The average molecular weight is 471 g/mol. The summed E-state index contributed by atoms with van der Waals surface area (Å²) in [6.07, 6.45) is 10.2. The summed E-state index contributed by atoms with van der Waals surface area (Å²) < 4.78 is 13.9. The van der Waals surface area contributed by atoms with Gasteiger partial charge in [-0.1, -0.05) is 23.7 Å². The number of methoxy groups -OCH3 is 1. The van der Waals surface area contributed by atoms with Crippen LogP contribution in [-0.4, -0.2) is 27.7 Å². The highest BCUT2D eigenvalue weighted by molar-refractivity contribution is 6.31. The summed E-state index contributed by atoms with van der Waals surface area (Å²) in [6, 6.07) is 17.1. The summed E-state index contributed by atoms with van der Waals surface area (Å²) in [5, 5.41) is 9.75. The number of halogens is 1. The largest absolute Gasteiger partial charge is 0.493 e. The van der Waals surface area contributed by atoms with Crippen molar-refractivity contribution in [1.82, 2.24) is 14.5 Å². The SMILES string of the molecule is COc1cccc(C=Cc2nc3cc(Cl)ccc3n2-c2ccc(C#N)cn2)c1OC1CCCC1. The van der Waals surface area contributed by atoms with E-state index in [0.717, 1.165) is 35.2 Å². The zero-order valence-electron chi connectivity index (χ0n) is 18.7. The molecule has 2 aromatic carbocycles. The Bertz CT molecular complexity index is 1400. The van der Waals surface area contributed by atoms with Crippen LogP contribution in [0.4, 0.5) is 0 Å². The molecule has 0 bridgehead atoms. The van der Waals surface area contributed by atoms with Crippen LogP contribution in [0.3, 0.4) is 0 Å². The van der Waals surface area contributed by atoms with Gasteiger partial charge in [-0.05, 0) is 74.2 Å². The molecule has 0 saturated heterocycles. The predicted octanol–water partition coefficient (Wildman–Crippen LogP) is 6.45. The van der Waals surface area contributed by atoms with Gasteiger partial charge in [0.15, 0.2) is 11.5 Å². The molecular weight excluding hydrogens is 448 g/mol. The van der Waals surface area contributed by atoms with Crippen molar-refractivity contribution >= 4 is 34.8 Å². The highest BCUT2D eigenvalue weighted by Gasteiger charge is 2.20. The number of nitriles is 1. The molecule has 2 heterocycles. The van der Waals surface area contributed by atoms with Crippen molar-refractivity contribution in [2.75, 3.05) is 7.11 Å². The first-order chi connectivity index (χ1) is 16.7. The number of rotatable bonds is 6. The molecule has 0 amide bonds. The quantitative estimate of drug-likeness (QED) is 0.324. The lowest BCUT2D eigenvalue weighted by Crippen LogP contribution is -2.12. The summed E-state index contributed by atoms with van der Waals surface area (Å²) in [6.45, 7) is 0. The zero-order chi connectivity index (χ0) is 23.5. The topological polar surface area (TPSA) is 73.0 Å². The maximum atomic E-state index is 9.14. The van der Waals surface area contributed by atoms with Crippen LogP contribution in [0.1, 0.15) is 42.6 Å². The molecule has 1 aliphatic carbocycles. The van der Waals surface area contributed by atoms with E-state index in [-0.39, 0.29) is 6.10 Å². The highest BCUT2D eigenvalue weighted by atomic mass is 35.5. The monoisotopic (exact) mass is 470 g/mol. The number of pyridine rings is 1. The summed E-state index contributed by atoms with van der Waals surface area (Å²) >= 11 is 6.22. The second-order valence-electron chi connectivity index (χ2n) is 8.19. The smallest absolute Gasteiger partial charge is 0.168 e. The lowest BCUT2D eigenvalue weighted by molar-refractivity contribution is 0.200.